The van der Waals surface area contributed by atoms with Crippen LogP contribution in [0.15, 0.2) is 36.7 Å². The van der Waals surface area contributed by atoms with Crippen LogP contribution in [0.4, 0.5) is 5.69 Å². The number of nitrogens with zero attached hydrogens (tertiary/aromatic N) is 4. The molecule has 1 heterocycles. The zero-order chi connectivity index (χ0) is 15.1. The fourth-order valence-corrected chi connectivity index (χ4v) is 2.30. The second kappa shape index (κ2) is 7.78. The van der Waals surface area contributed by atoms with E-state index in [-0.39, 0.29) is 0 Å². The van der Waals surface area contributed by atoms with Gasteiger partial charge in [-0.1, -0.05) is 32.0 Å². The molecule has 1 aromatic heterocycles. The van der Waals surface area contributed by atoms with E-state index in [0.717, 1.165) is 31.9 Å². The van der Waals surface area contributed by atoms with Crippen molar-refractivity contribution in [3.05, 3.63) is 42.5 Å². The number of anilines is 1. The summed E-state index contributed by atoms with van der Waals surface area (Å²) in [6, 6.07) is 10.4. The van der Waals surface area contributed by atoms with Crippen LogP contribution in [0.5, 0.6) is 0 Å². The number of nitrogens with two attached hydrogens (primary N) is 1. The van der Waals surface area contributed by atoms with Gasteiger partial charge in [0.05, 0.1) is 6.54 Å². The van der Waals surface area contributed by atoms with Crippen LogP contribution in [-0.2, 0) is 13.1 Å². The molecule has 0 unspecified atom stereocenters. The Morgan fingerprint density at radius 2 is 2.00 bits per heavy atom. The lowest BCUT2D eigenvalue weighted by atomic mass is 10.2. The van der Waals surface area contributed by atoms with Crippen LogP contribution in [0.3, 0.4) is 0 Å². The van der Waals surface area contributed by atoms with Crippen molar-refractivity contribution in [1.82, 2.24) is 14.8 Å². The lowest BCUT2D eigenvalue weighted by molar-refractivity contribution is 0.463. The second-order valence-corrected chi connectivity index (χ2v) is 5.65. The van der Waals surface area contributed by atoms with E-state index < -0.39 is 0 Å². The molecule has 1 aromatic carbocycles. The van der Waals surface area contributed by atoms with Gasteiger partial charge in [-0.2, -0.15) is 5.10 Å². The standard InChI is InChI=1S/C16H25N5/c1-14(2)11-21-16(18-13-19-21)12-20(10-6-9-17)15-7-4-3-5-8-15/h3-5,7-8,13-14H,6,9-12,17H2,1-2H3. The molecule has 2 rings (SSSR count). The molecular formula is C16H25N5. The summed E-state index contributed by atoms with van der Waals surface area (Å²) in [4.78, 5) is 6.73. The van der Waals surface area contributed by atoms with Crippen molar-refractivity contribution in [3.8, 4) is 0 Å². The van der Waals surface area contributed by atoms with Gasteiger partial charge in [-0.15, -0.1) is 0 Å². The molecule has 0 saturated carbocycles. The minimum absolute atomic E-state index is 0.555. The molecule has 2 N–H and O–H groups in total. The van der Waals surface area contributed by atoms with Crippen LogP contribution in [-0.4, -0.2) is 27.9 Å². The van der Waals surface area contributed by atoms with E-state index in [2.05, 4.69) is 53.1 Å². The van der Waals surface area contributed by atoms with Crippen molar-refractivity contribution in [1.29, 1.82) is 0 Å². The summed E-state index contributed by atoms with van der Waals surface area (Å²) >= 11 is 0. The first-order valence-corrected chi connectivity index (χ1v) is 7.57. The van der Waals surface area contributed by atoms with Gasteiger partial charge in [0.15, 0.2) is 0 Å². The molecule has 0 aliphatic rings. The molecule has 0 amide bonds. The van der Waals surface area contributed by atoms with Crippen molar-refractivity contribution in [3.63, 3.8) is 0 Å². The molecule has 0 spiro atoms. The summed E-state index contributed by atoms with van der Waals surface area (Å²) in [6.07, 6.45) is 2.61. The predicted molar refractivity (Wildman–Crippen MR) is 86.0 cm³/mol. The van der Waals surface area contributed by atoms with Gasteiger partial charge in [0.2, 0.25) is 0 Å². The van der Waals surface area contributed by atoms with Crippen LogP contribution in [0.1, 0.15) is 26.1 Å². The molecule has 0 fully saturated rings. The Balaban J connectivity index is 2.13. The summed E-state index contributed by atoms with van der Waals surface area (Å²) in [5, 5.41) is 4.34. The normalized spacial score (nSPS) is 11.0. The van der Waals surface area contributed by atoms with Gasteiger partial charge < -0.3 is 10.6 Å². The topological polar surface area (TPSA) is 60.0 Å². The number of rotatable bonds is 8. The van der Waals surface area contributed by atoms with E-state index in [1.807, 2.05) is 10.7 Å². The minimum atomic E-state index is 0.555. The summed E-state index contributed by atoms with van der Waals surface area (Å²) in [6.45, 7) is 7.66. The van der Waals surface area contributed by atoms with Gasteiger partial charge in [0.25, 0.3) is 0 Å². The molecule has 21 heavy (non-hydrogen) atoms. The highest BCUT2D eigenvalue weighted by atomic mass is 15.3. The highest BCUT2D eigenvalue weighted by Gasteiger charge is 2.12. The monoisotopic (exact) mass is 287 g/mol. The average Bonchev–Trinajstić information content (AvgIpc) is 2.90. The Labute approximate surface area is 126 Å². The average molecular weight is 287 g/mol. The molecule has 0 aliphatic carbocycles. The zero-order valence-corrected chi connectivity index (χ0v) is 12.9. The summed E-state index contributed by atoms with van der Waals surface area (Å²) in [5.74, 6) is 1.56. The Morgan fingerprint density at radius 3 is 2.67 bits per heavy atom. The van der Waals surface area contributed by atoms with Gasteiger partial charge in [-0.25, -0.2) is 9.67 Å². The summed E-state index contributed by atoms with van der Waals surface area (Å²) in [5.41, 5.74) is 6.86. The fourth-order valence-electron chi connectivity index (χ4n) is 2.30. The van der Waals surface area contributed by atoms with E-state index in [4.69, 9.17) is 5.73 Å². The Bertz CT molecular complexity index is 520. The van der Waals surface area contributed by atoms with Crippen molar-refractivity contribution in [2.75, 3.05) is 18.0 Å². The lowest BCUT2D eigenvalue weighted by Gasteiger charge is -2.24. The van der Waals surface area contributed by atoms with Gasteiger partial charge in [-0.05, 0) is 31.0 Å². The van der Waals surface area contributed by atoms with Crippen molar-refractivity contribution < 1.29 is 0 Å². The quantitative estimate of drug-likeness (QED) is 0.809. The third-order valence-electron chi connectivity index (χ3n) is 3.32. The van der Waals surface area contributed by atoms with Crippen molar-refractivity contribution in [2.24, 2.45) is 11.7 Å². The Morgan fingerprint density at radius 1 is 1.24 bits per heavy atom. The van der Waals surface area contributed by atoms with Crippen LogP contribution >= 0.6 is 0 Å². The molecule has 0 radical (unpaired) electrons. The third kappa shape index (κ3) is 4.56. The predicted octanol–water partition coefficient (Wildman–Crippen LogP) is 2.29. The lowest BCUT2D eigenvalue weighted by Crippen LogP contribution is -2.27. The number of aromatic nitrogens is 3. The zero-order valence-electron chi connectivity index (χ0n) is 12.9. The first-order valence-electron chi connectivity index (χ1n) is 7.57. The number of hydrogen-bond acceptors (Lipinski definition) is 4. The van der Waals surface area contributed by atoms with Crippen LogP contribution in [0.25, 0.3) is 0 Å². The molecule has 5 nitrogen and oxygen atoms in total. The maximum Gasteiger partial charge on any atom is 0.146 e. The van der Waals surface area contributed by atoms with Gasteiger partial charge in [0.1, 0.15) is 12.2 Å². The molecule has 5 heteroatoms. The van der Waals surface area contributed by atoms with Crippen molar-refractivity contribution in [2.45, 2.75) is 33.4 Å². The first kappa shape index (κ1) is 15.5. The molecule has 0 saturated heterocycles. The second-order valence-electron chi connectivity index (χ2n) is 5.65. The van der Waals surface area contributed by atoms with Crippen LogP contribution in [0, 0.1) is 5.92 Å². The molecule has 0 atom stereocenters. The molecule has 0 bridgehead atoms. The Hall–Kier alpha value is -1.88. The SMILES string of the molecule is CC(C)Cn1ncnc1CN(CCCN)c1ccccc1. The van der Waals surface area contributed by atoms with Crippen LogP contribution < -0.4 is 10.6 Å². The fraction of sp³-hybridized carbons (Fsp3) is 0.500. The van der Waals surface area contributed by atoms with Gasteiger partial charge >= 0.3 is 0 Å². The van der Waals surface area contributed by atoms with E-state index in [9.17, 15) is 0 Å². The van der Waals surface area contributed by atoms with E-state index in [1.54, 1.807) is 6.33 Å². The molecule has 2 aromatic rings. The summed E-state index contributed by atoms with van der Waals surface area (Å²) < 4.78 is 2.00. The largest absolute Gasteiger partial charge is 0.364 e. The van der Waals surface area contributed by atoms with Crippen LogP contribution in [0.2, 0.25) is 0 Å². The van der Waals surface area contributed by atoms with Gasteiger partial charge in [-0.3, -0.25) is 0 Å². The number of hydrogen-bond donors (Lipinski definition) is 1. The summed E-state index contributed by atoms with van der Waals surface area (Å²) in [7, 11) is 0. The molecular weight excluding hydrogens is 262 g/mol. The van der Waals surface area contributed by atoms with E-state index >= 15 is 0 Å². The third-order valence-corrected chi connectivity index (χ3v) is 3.32. The Kier molecular flexibility index (Phi) is 5.75. The highest BCUT2D eigenvalue weighted by molar-refractivity contribution is 5.45. The number of para-hydroxylation sites is 1. The molecule has 0 aliphatic heterocycles. The maximum absolute atomic E-state index is 5.66. The first-order chi connectivity index (χ1) is 10.2. The van der Waals surface area contributed by atoms with Gasteiger partial charge in [0, 0.05) is 18.8 Å². The van der Waals surface area contributed by atoms with E-state index in [0.29, 0.717) is 12.5 Å². The number of benzene rings is 1. The smallest absolute Gasteiger partial charge is 0.146 e. The maximum atomic E-state index is 5.66. The minimum Gasteiger partial charge on any atom is -0.364 e. The van der Waals surface area contributed by atoms with E-state index in [1.165, 1.54) is 5.69 Å². The molecule has 114 valence electrons. The highest BCUT2D eigenvalue weighted by Crippen LogP contribution is 2.16. The van der Waals surface area contributed by atoms with Crippen molar-refractivity contribution >= 4 is 5.69 Å².